The van der Waals surface area contributed by atoms with Gasteiger partial charge in [0.25, 0.3) is 0 Å². The number of phenolic OH excluding ortho intramolecular Hbond substituents is 1. The van der Waals surface area contributed by atoms with Crippen LogP contribution in [0.15, 0.2) is 72.2 Å². The van der Waals surface area contributed by atoms with Crippen molar-refractivity contribution in [3.63, 3.8) is 0 Å². The molecule has 0 saturated heterocycles. The summed E-state index contributed by atoms with van der Waals surface area (Å²) < 4.78 is 0. The van der Waals surface area contributed by atoms with Gasteiger partial charge >= 0.3 is 0 Å². The minimum absolute atomic E-state index is 0.0155. The van der Waals surface area contributed by atoms with Crippen LogP contribution in [0.4, 0.5) is 5.82 Å². The number of carbonyl (C=O) groups is 1. The van der Waals surface area contributed by atoms with Crippen molar-refractivity contribution in [2.75, 3.05) is 5.32 Å². The molecule has 0 fully saturated rings. The van der Waals surface area contributed by atoms with Crippen LogP contribution >= 0.6 is 11.3 Å². The van der Waals surface area contributed by atoms with E-state index in [2.05, 4.69) is 10.3 Å². The topological polar surface area (TPSA) is 95.3 Å². The van der Waals surface area contributed by atoms with Gasteiger partial charge in [0, 0.05) is 5.56 Å². The monoisotopic (exact) mass is 417 g/mol. The van der Waals surface area contributed by atoms with E-state index < -0.39 is 0 Å². The highest BCUT2D eigenvalue weighted by atomic mass is 32.1. The molecule has 0 aliphatic rings. The highest BCUT2D eigenvalue weighted by molar-refractivity contribution is 7.13. The summed E-state index contributed by atoms with van der Waals surface area (Å²) in [6, 6.07) is 17.8. The molecule has 0 bridgehead atoms. The number of nitrogens with one attached hydrogen (secondary N) is 1. The highest BCUT2D eigenvalue weighted by Gasteiger charge is 2.15. The van der Waals surface area contributed by atoms with Crippen molar-refractivity contribution in [2.24, 2.45) is 0 Å². The molecule has 2 heterocycles. The third-order valence-electron chi connectivity index (χ3n) is 4.52. The van der Waals surface area contributed by atoms with Gasteiger partial charge in [0.2, 0.25) is 5.91 Å². The van der Waals surface area contributed by atoms with Crippen molar-refractivity contribution in [3.8, 4) is 27.6 Å². The first-order valence-electron chi connectivity index (χ1n) is 9.31. The fraction of sp³-hybridized carbons (Fsp3) is 0.0870. The number of aliphatic hydroxyl groups is 1. The Balaban J connectivity index is 1.62. The van der Waals surface area contributed by atoms with Crippen LogP contribution < -0.4 is 5.32 Å². The normalized spacial score (nSPS) is 10.7. The van der Waals surface area contributed by atoms with Gasteiger partial charge in [-0.1, -0.05) is 42.5 Å². The second-order valence-corrected chi connectivity index (χ2v) is 7.62. The number of hydrogen-bond donors (Lipinski definition) is 3. The number of aromatic hydroxyl groups is 1. The summed E-state index contributed by atoms with van der Waals surface area (Å²) in [5.74, 6) is 0.345. The Morgan fingerprint density at radius 2 is 1.73 bits per heavy atom. The van der Waals surface area contributed by atoms with Crippen LogP contribution in [0.25, 0.3) is 21.8 Å². The lowest BCUT2D eigenvalue weighted by molar-refractivity contribution is -0.115. The van der Waals surface area contributed by atoms with E-state index in [9.17, 15) is 15.0 Å². The van der Waals surface area contributed by atoms with Gasteiger partial charge in [-0.3, -0.25) is 4.79 Å². The summed E-state index contributed by atoms with van der Waals surface area (Å²) in [4.78, 5) is 22.7. The molecule has 2 aromatic heterocycles. The Morgan fingerprint density at radius 1 is 1.00 bits per heavy atom. The first-order valence-corrected chi connectivity index (χ1v) is 10.2. The Morgan fingerprint density at radius 3 is 2.40 bits per heavy atom. The summed E-state index contributed by atoms with van der Waals surface area (Å²) in [5.41, 5.74) is 3.77. The number of aliphatic hydroxyl groups excluding tert-OH is 1. The van der Waals surface area contributed by atoms with Crippen molar-refractivity contribution < 1.29 is 15.0 Å². The number of phenols is 1. The molecule has 150 valence electrons. The molecular formula is C23H19N3O3S. The average molecular weight is 417 g/mol. The van der Waals surface area contributed by atoms with E-state index in [1.807, 2.05) is 41.8 Å². The van der Waals surface area contributed by atoms with E-state index in [0.29, 0.717) is 17.2 Å². The minimum atomic E-state index is -0.215. The van der Waals surface area contributed by atoms with Gasteiger partial charge in [0.05, 0.1) is 29.8 Å². The van der Waals surface area contributed by atoms with Crippen LogP contribution in [-0.2, 0) is 17.8 Å². The molecule has 0 atom stereocenters. The Hall–Kier alpha value is -3.55. The van der Waals surface area contributed by atoms with Crippen LogP contribution in [0.1, 0.15) is 11.1 Å². The van der Waals surface area contributed by atoms with Gasteiger partial charge in [-0.25, -0.2) is 9.97 Å². The molecule has 7 heteroatoms. The Labute approximate surface area is 177 Å². The fourth-order valence-corrected chi connectivity index (χ4v) is 3.68. The zero-order valence-electron chi connectivity index (χ0n) is 15.9. The van der Waals surface area contributed by atoms with E-state index in [4.69, 9.17) is 4.98 Å². The molecule has 6 nitrogen and oxygen atoms in total. The van der Waals surface area contributed by atoms with Crippen molar-refractivity contribution >= 4 is 23.1 Å². The molecule has 0 aliphatic carbocycles. The minimum Gasteiger partial charge on any atom is -0.508 e. The Kier molecular flexibility index (Phi) is 5.83. The molecule has 0 saturated carbocycles. The highest BCUT2D eigenvalue weighted by Crippen LogP contribution is 2.31. The summed E-state index contributed by atoms with van der Waals surface area (Å²) in [5, 5.41) is 23.4. The number of thiophene rings is 1. The van der Waals surface area contributed by atoms with Crippen LogP contribution in [0.2, 0.25) is 0 Å². The first-order chi connectivity index (χ1) is 14.6. The lowest BCUT2D eigenvalue weighted by Gasteiger charge is -2.11. The third-order valence-corrected chi connectivity index (χ3v) is 5.39. The van der Waals surface area contributed by atoms with Gasteiger partial charge in [0.1, 0.15) is 11.4 Å². The predicted octanol–water partition coefficient (Wildman–Crippen LogP) is 4.25. The molecule has 0 spiro atoms. The van der Waals surface area contributed by atoms with Crippen LogP contribution in [0, 0.1) is 0 Å². The third kappa shape index (κ3) is 4.53. The van der Waals surface area contributed by atoms with Gasteiger partial charge in [-0.2, -0.15) is 0 Å². The second-order valence-electron chi connectivity index (χ2n) is 6.68. The number of carbonyl (C=O) groups excluding carboxylic acids is 1. The molecule has 4 rings (SSSR count). The van der Waals surface area contributed by atoms with E-state index in [1.165, 1.54) is 11.3 Å². The number of hydrogen-bond acceptors (Lipinski definition) is 6. The van der Waals surface area contributed by atoms with Crippen LogP contribution in [0.3, 0.4) is 0 Å². The lowest BCUT2D eigenvalue weighted by atomic mass is 10.1. The molecule has 3 N–H and O–H groups in total. The average Bonchev–Trinajstić information content (AvgIpc) is 3.30. The maximum Gasteiger partial charge on any atom is 0.230 e. The summed E-state index contributed by atoms with van der Waals surface area (Å²) in [7, 11) is 0. The van der Waals surface area contributed by atoms with Gasteiger partial charge in [-0.15, -0.1) is 11.3 Å². The zero-order chi connectivity index (χ0) is 20.9. The predicted molar refractivity (Wildman–Crippen MR) is 117 cm³/mol. The summed E-state index contributed by atoms with van der Waals surface area (Å²) in [6.45, 7) is -0.0155. The van der Waals surface area contributed by atoms with Crippen molar-refractivity contribution in [1.29, 1.82) is 0 Å². The molecule has 2 aromatic carbocycles. The quantitative estimate of drug-likeness (QED) is 0.436. The van der Waals surface area contributed by atoms with E-state index in [0.717, 1.165) is 21.6 Å². The largest absolute Gasteiger partial charge is 0.508 e. The van der Waals surface area contributed by atoms with Gasteiger partial charge in [0.15, 0.2) is 5.82 Å². The van der Waals surface area contributed by atoms with Crippen molar-refractivity contribution in [1.82, 2.24) is 9.97 Å². The van der Waals surface area contributed by atoms with Crippen LogP contribution in [-0.4, -0.2) is 26.1 Å². The number of nitrogens with zero attached hydrogens (tertiary/aromatic N) is 2. The molecule has 4 aromatic rings. The van der Waals surface area contributed by atoms with Crippen molar-refractivity contribution in [2.45, 2.75) is 13.0 Å². The SMILES string of the molecule is O=C(Cc1ccc(O)cc1)Nc1ncc(-c2ccc(CO)cc2)nc1-c1cccs1. The van der Waals surface area contributed by atoms with Gasteiger partial charge in [-0.05, 0) is 34.7 Å². The number of rotatable bonds is 6. The first kappa shape index (κ1) is 19.8. The molecule has 1 amide bonds. The molecule has 30 heavy (non-hydrogen) atoms. The summed E-state index contributed by atoms with van der Waals surface area (Å²) in [6.07, 6.45) is 1.79. The fourth-order valence-electron chi connectivity index (χ4n) is 2.96. The van der Waals surface area contributed by atoms with Gasteiger partial charge < -0.3 is 15.5 Å². The van der Waals surface area contributed by atoms with E-state index in [-0.39, 0.29) is 24.7 Å². The molecule has 0 radical (unpaired) electrons. The zero-order valence-corrected chi connectivity index (χ0v) is 16.8. The maximum absolute atomic E-state index is 12.6. The summed E-state index contributed by atoms with van der Waals surface area (Å²) >= 11 is 1.52. The molecule has 0 aliphatic heterocycles. The standard InChI is InChI=1S/C23H19N3O3S/c27-14-16-3-7-17(8-4-16)19-13-24-23(22(25-19)20-2-1-11-30-20)26-21(29)12-15-5-9-18(28)10-6-15/h1-11,13,27-28H,12,14H2,(H,24,26,29). The van der Waals surface area contributed by atoms with Crippen molar-refractivity contribution in [3.05, 3.63) is 83.4 Å². The number of anilines is 1. The number of amides is 1. The molecular weight excluding hydrogens is 398 g/mol. The van der Waals surface area contributed by atoms with Crippen LogP contribution in [0.5, 0.6) is 5.75 Å². The number of aromatic nitrogens is 2. The maximum atomic E-state index is 12.6. The Bertz CT molecular complexity index is 1140. The molecule has 0 unspecified atom stereocenters. The second kappa shape index (κ2) is 8.86. The van der Waals surface area contributed by atoms with E-state index in [1.54, 1.807) is 30.5 Å². The van der Waals surface area contributed by atoms with E-state index >= 15 is 0 Å². The lowest BCUT2D eigenvalue weighted by Crippen LogP contribution is -2.16. The number of benzene rings is 2. The smallest absolute Gasteiger partial charge is 0.230 e.